The van der Waals surface area contributed by atoms with Crippen molar-refractivity contribution in [2.24, 2.45) is 0 Å². The third-order valence-electron chi connectivity index (χ3n) is 2.84. The Kier molecular flexibility index (Phi) is 6.15. The summed E-state index contributed by atoms with van der Waals surface area (Å²) < 4.78 is 4.97. The minimum atomic E-state index is -0.0751. The fourth-order valence-electron chi connectivity index (χ4n) is 1.81. The van der Waals surface area contributed by atoms with Crippen molar-refractivity contribution in [3.05, 3.63) is 23.8 Å². The predicted octanol–water partition coefficient (Wildman–Crippen LogP) is 3.04. The van der Waals surface area contributed by atoms with Crippen LogP contribution in [0.4, 0.5) is 0 Å². The zero-order valence-corrected chi connectivity index (χ0v) is 13.1. The summed E-state index contributed by atoms with van der Waals surface area (Å²) in [7, 11) is 1.48. The molecule has 0 aliphatic carbocycles. The van der Waals surface area contributed by atoms with Gasteiger partial charge in [-0.15, -0.1) is 0 Å². The van der Waals surface area contributed by atoms with Crippen LogP contribution in [0.15, 0.2) is 18.2 Å². The lowest BCUT2D eigenvalue weighted by atomic mass is 10.1. The van der Waals surface area contributed by atoms with Crippen LogP contribution in [0, 0.1) is 0 Å². The van der Waals surface area contributed by atoms with Crippen molar-refractivity contribution in [1.29, 1.82) is 0 Å². The lowest BCUT2D eigenvalue weighted by Crippen LogP contribution is -2.37. The lowest BCUT2D eigenvalue weighted by molar-refractivity contribution is 0.0706. The van der Waals surface area contributed by atoms with Gasteiger partial charge in [-0.25, -0.2) is 0 Å². The molecule has 0 atom stereocenters. The number of phenolic OH excluding ortho intramolecular Hbond substituents is 1. The van der Waals surface area contributed by atoms with E-state index in [4.69, 9.17) is 4.74 Å². The van der Waals surface area contributed by atoms with Crippen molar-refractivity contribution in [3.63, 3.8) is 0 Å². The van der Waals surface area contributed by atoms with E-state index in [2.05, 4.69) is 15.9 Å². The van der Waals surface area contributed by atoms with Crippen LogP contribution in [0.2, 0.25) is 0 Å². The number of methoxy groups -OCH3 is 1. The van der Waals surface area contributed by atoms with Gasteiger partial charge in [-0.2, -0.15) is 0 Å². The average Bonchev–Trinajstić information content (AvgIpc) is 2.38. The van der Waals surface area contributed by atoms with Crippen LogP contribution >= 0.6 is 15.9 Å². The zero-order chi connectivity index (χ0) is 14.4. The van der Waals surface area contributed by atoms with E-state index in [1.165, 1.54) is 13.2 Å². The highest BCUT2D eigenvalue weighted by Gasteiger charge is 2.19. The molecule has 1 aromatic rings. The summed E-state index contributed by atoms with van der Waals surface area (Å²) in [6.07, 6.45) is 0.895. The van der Waals surface area contributed by atoms with Crippen molar-refractivity contribution in [1.82, 2.24) is 4.90 Å². The molecule has 106 valence electrons. The number of aromatic hydroxyl groups is 1. The lowest BCUT2D eigenvalue weighted by Gasteiger charge is -2.26. The first-order valence-electron chi connectivity index (χ1n) is 6.25. The Morgan fingerprint density at radius 2 is 2.16 bits per heavy atom. The number of alkyl halides is 1. The molecule has 0 aliphatic rings. The second kappa shape index (κ2) is 7.38. The van der Waals surface area contributed by atoms with Crippen LogP contribution in [0.3, 0.4) is 0 Å². The molecule has 0 bridgehead atoms. The van der Waals surface area contributed by atoms with Crippen LogP contribution in [0.25, 0.3) is 0 Å². The Balaban J connectivity index is 2.93. The van der Waals surface area contributed by atoms with Crippen molar-refractivity contribution < 1.29 is 14.6 Å². The molecular weight excluding hydrogens is 310 g/mol. The summed E-state index contributed by atoms with van der Waals surface area (Å²) in [5.74, 6) is 0.277. The van der Waals surface area contributed by atoms with E-state index in [-0.39, 0.29) is 17.7 Å². The van der Waals surface area contributed by atoms with E-state index in [1.54, 1.807) is 17.0 Å². The molecule has 0 radical (unpaired) electrons. The number of nitrogens with zero attached hydrogens (tertiary/aromatic N) is 1. The fourth-order valence-corrected chi connectivity index (χ4v) is 2.06. The summed E-state index contributed by atoms with van der Waals surface area (Å²) >= 11 is 3.37. The van der Waals surface area contributed by atoms with Crippen molar-refractivity contribution >= 4 is 21.8 Å². The van der Waals surface area contributed by atoms with Gasteiger partial charge in [-0.05, 0) is 38.5 Å². The second-order valence-corrected chi connectivity index (χ2v) is 5.31. The molecule has 0 aliphatic heterocycles. The first-order chi connectivity index (χ1) is 9.01. The quantitative estimate of drug-likeness (QED) is 0.816. The van der Waals surface area contributed by atoms with Gasteiger partial charge in [-0.1, -0.05) is 15.9 Å². The smallest absolute Gasteiger partial charge is 0.254 e. The SMILES string of the molecule is COc1ccc(C(=O)N(CCCBr)C(C)C)cc1O. The molecule has 5 heteroatoms. The van der Waals surface area contributed by atoms with Gasteiger partial charge in [0, 0.05) is 23.5 Å². The molecule has 0 unspecified atom stereocenters. The second-order valence-electron chi connectivity index (χ2n) is 4.52. The van der Waals surface area contributed by atoms with Gasteiger partial charge in [0.25, 0.3) is 5.91 Å². The van der Waals surface area contributed by atoms with Crippen LogP contribution in [-0.4, -0.2) is 40.9 Å². The largest absolute Gasteiger partial charge is 0.504 e. The maximum Gasteiger partial charge on any atom is 0.254 e. The maximum atomic E-state index is 12.4. The summed E-state index contributed by atoms with van der Waals surface area (Å²) in [6, 6.07) is 4.84. The number of ether oxygens (including phenoxy) is 1. The minimum absolute atomic E-state index is 0.0162. The summed E-state index contributed by atoms with van der Waals surface area (Å²) in [5, 5.41) is 10.6. The molecule has 4 nitrogen and oxygen atoms in total. The zero-order valence-electron chi connectivity index (χ0n) is 11.5. The molecular formula is C14H20BrNO3. The van der Waals surface area contributed by atoms with Gasteiger partial charge in [0.05, 0.1) is 7.11 Å². The fraction of sp³-hybridized carbons (Fsp3) is 0.500. The number of carbonyl (C=O) groups excluding carboxylic acids is 1. The Morgan fingerprint density at radius 3 is 2.63 bits per heavy atom. The molecule has 1 aromatic carbocycles. The van der Waals surface area contributed by atoms with E-state index < -0.39 is 0 Å². The molecule has 19 heavy (non-hydrogen) atoms. The molecule has 0 spiro atoms. The van der Waals surface area contributed by atoms with E-state index in [9.17, 15) is 9.90 Å². The summed E-state index contributed by atoms with van der Waals surface area (Å²) in [5.41, 5.74) is 0.474. The van der Waals surface area contributed by atoms with E-state index >= 15 is 0 Å². The van der Waals surface area contributed by atoms with E-state index in [1.807, 2.05) is 13.8 Å². The Bertz CT molecular complexity index is 435. The van der Waals surface area contributed by atoms with Crippen LogP contribution in [0.5, 0.6) is 11.5 Å². The molecule has 1 N–H and O–H groups in total. The van der Waals surface area contributed by atoms with Gasteiger partial charge < -0.3 is 14.7 Å². The van der Waals surface area contributed by atoms with Gasteiger partial charge >= 0.3 is 0 Å². The first kappa shape index (κ1) is 15.8. The molecule has 1 amide bonds. The minimum Gasteiger partial charge on any atom is -0.504 e. The number of hydrogen-bond donors (Lipinski definition) is 1. The number of phenols is 1. The number of halogens is 1. The number of hydrogen-bond acceptors (Lipinski definition) is 3. The van der Waals surface area contributed by atoms with Gasteiger partial charge in [0.1, 0.15) is 0 Å². The normalized spacial score (nSPS) is 10.6. The molecule has 0 saturated carbocycles. The maximum absolute atomic E-state index is 12.4. The monoisotopic (exact) mass is 329 g/mol. The average molecular weight is 330 g/mol. The summed E-state index contributed by atoms with van der Waals surface area (Å²) in [6.45, 7) is 4.65. The predicted molar refractivity (Wildman–Crippen MR) is 79.2 cm³/mol. The van der Waals surface area contributed by atoms with E-state index in [0.717, 1.165) is 11.8 Å². The van der Waals surface area contributed by atoms with Crippen LogP contribution in [0.1, 0.15) is 30.6 Å². The molecule has 0 aromatic heterocycles. The summed E-state index contributed by atoms with van der Waals surface area (Å²) in [4.78, 5) is 14.2. The number of amides is 1. The first-order valence-corrected chi connectivity index (χ1v) is 7.37. The van der Waals surface area contributed by atoms with Gasteiger partial charge in [0.2, 0.25) is 0 Å². The van der Waals surface area contributed by atoms with Crippen molar-refractivity contribution in [3.8, 4) is 11.5 Å². The third-order valence-corrected chi connectivity index (χ3v) is 3.40. The van der Waals surface area contributed by atoms with Crippen molar-refractivity contribution in [2.75, 3.05) is 19.0 Å². The molecule has 0 heterocycles. The third kappa shape index (κ3) is 4.13. The Hall–Kier alpha value is -1.23. The Morgan fingerprint density at radius 1 is 1.47 bits per heavy atom. The number of carbonyl (C=O) groups is 1. The molecule has 0 fully saturated rings. The van der Waals surface area contributed by atoms with Crippen LogP contribution < -0.4 is 4.74 Å². The van der Waals surface area contributed by atoms with E-state index in [0.29, 0.717) is 17.9 Å². The standard InChI is InChI=1S/C14H20BrNO3/c1-10(2)16(8-4-7-15)14(18)11-5-6-13(19-3)12(17)9-11/h5-6,9-10,17H,4,7-8H2,1-3H3. The van der Waals surface area contributed by atoms with Gasteiger partial charge in [-0.3, -0.25) is 4.79 Å². The highest BCUT2D eigenvalue weighted by Crippen LogP contribution is 2.27. The van der Waals surface area contributed by atoms with Crippen LogP contribution in [-0.2, 0) is 0 Å². The topological polar surface area (TPSA) is 49.8 Å². The van der Waals surface area contributed by atoms with Gasteiger partial charge in [0.15, 0.2) is 11.5 Å². The highest BCUT2D eigenvalue weighted by atomic mass is 79.9. The number of rotatable bonds is 6. The number of benzene rings is 1. The Labute approximate surface area is 122 Å². The molecule has 1 rings (SSSR count). The molecule has 0 saturated heterocycles. The highest BCUT2D eigenvalue weighted by molar-refractivity contribution is 9.09. The van der Waals surface area contributed by atoms with Crippen molar-refractivity contribution in [2.45, 2.75) is 26.3 Å².